The number of para-hydroxylation sites is 1. The van der Waals surface area contributed by atoms with Crippen molar-refractivity contribution in [3.63, 3.8) is 0 Å². The largest absolute Gasteiger partial charge is 0.418 e. The Labute approximate surface area is 166 Å². The van der Waals surface area contributed by atoms with Gasteiger partial charge < -0.3 is 10.5 Å². The van der Waals surface area contributed by atoms with Crippen LogP contribution in [-0.4, -0.2) is 22.1 Å². The summed E-state index contributed by atoms with van der Waals surface area (Å²) < 4.78 is 71.5. The Balaban J connectivity index is 2.30. The molecule has 0 unspecified atom stereocenters. The van der Waals surface area contributed by atoms with Crippen molar-refractivity contribution in [2.24, 2.45) is 11.6 Å². The molecule has 7 nitrogen and oxygen atoms in total. The molecule has 11 heteroatoms. The monoisotopic (exact) mass is 430 g/mol. The van der Waals surface area contributed by atoms with Crippen LogP contribution in [0.25, 0.3) is 0 Å². The van der Waals surface area contributed by atoms with Crippen LogP contribution in [0.15, 0.2) is 65.3 Å². The van der Waals surface area contributed by atoms with Crippen LogP contribution in [0.2, 0.25) is 0 Å². The molecule has 0 bridgehead atoms. The fourth-order valence-corrected chi connectivity index (χ4v) is 3.49. The molecule has 0 saturated carbocycles. The van der Waals surface area contributed by atoms with E-state index in [4.69, 9.17) is 16.3 Å². The lowest BCUT2D eigenvalue weighted by Gasteiger charge is -2.17. The lowest BCUT2D eigenvalue weighted by Crippen LogP contribution is -2.26. The molecule has 0 aliphatic carbocycles. The summed E-state index contributed by atoms with van der Waals surface area (Å²) >= 11 is 0. The quantitative estimate of drug-likeness (QED) is 0.439. The Morgan fingerprint density at radius 2 is 1.90 bits per heavy atom. The molecule has 158 valence electrons. The molecule has 0 radical (unpaired) electrons. The zero-order valence-electron chi connectivity index (χ0n) is 15.5. The summed E-state index contributed by atoms with van der Waals surface area (Å²) in [5, 5.41) is 1.12. The lowest BCUT2D eigenvalue weighted by molar-refractivity contribution is -0.136. The van der Waals surface area contributed by atoms with Crippen LogP contribution in [0.3, 0.4) is 0 Å². The number of methoxy groups -OCH3 is 1. The fraction of sp³-hybridized carbons (Fsp3) is 0.222. The fourth-order valence-electron chi connectivity index (χ4n) is 2.37. The van der Waals surface area contributed by atoms with E-state index in [2.05, 4.69) is 0 Å². The van der Waals surface area contributed by atoms with Gasteiger partial charge in [-0.15, -0.1) is 0 Å². The van der Waals surface area contributed by atoms with E-state index in [0.717, 1.165) is 17.1 Å². The van der Waals surface area contributed by atoms with E-state index in [-0.39, 0.29) is 10.6 Å². The molecule has 0 atom stereocenters. The molecule has 0 amide bonds. The SMILES string of the molecule is COCC/C(N)=C/N(N)c1cccc(S(=O)(=O)Nc2ccccc2C(F)(F)F)c1. The van der Waals surface area contributed by atoms with E-state index in [1.807, 2.05) is 4.72 Å². The number of nitrogens with zero attached hydrogens (tertiary/aromatic N) is 1. The van der Waals surface area contributed by atoms with Gasteiger partial charge in [0.05, 0.1) is 28.4 Å². The van der Waals surface area contributed by atoms with Crippen LogP contribution >= 0.6 is 0 Å². The molecule has 5 N–H and O–H groups in total. The van der Waals surface area contributed by atoms with Crippen LogP contribution in [0.1, 0.15) is 12.0 Å². The number of halogens is 3. The summed E-state index contributed by atoms with van der Waals surface area (Å²) in [6, 6.07) is 9.72. The van der Waals surface area contributed by atoms with Crippen molar-refractivity contribution in [1.82, 2.24) is 0 Å². The maximum Gasteiger partial charge on any atom is 0.418 e. The molecule has 0 spiro atoms. The topological polar surface area (TPSA) is 111 Å². The molecular formula is C18H21F3N4O3S. The Kier molecular flexibility index (Phi) is 7.11. The third kappa shape index (κ3) is 6.11. The van der Waals surface area contributed by atoms with Gasteiger partial charge in [0, 0.05) is 25.4 Å². The van der Waals surface area contributed by atoms with Gasteiger partial charge in [0.15, 0.2) is 0 Å². The number of alkyl halides is 3. The first-order valence-corrected chi connectivity index (χ1v) is 9.81. The number of hydrogen-bond donors (Lipinski definition) is 3. The molecule has 0 fully saturated rings. The number of hydrogen-bond acceptors (Lipinski definition) is 6. The highest BCUT2D eigenvalue weighted by Crippen LogP contribution is 2.35. The van der Waals surface area contributed by atoms with Gasteiger partial charge in [-0.1, -0.05) is 18.2 Å². The molecule has 2 aromatic rings. The van der Waals surface area contributed by atoms with Crippen molar-refractivity contribution < 1.29 is 26.3 Å². The van der Waals surface area contributed by atoms with E-state index in [1.54, 1.807) is 0 Å². The van der Waals surface area contributed by atoms with Gasteiger partial charge in [-0.2, -0.15) is 13.2 Å². The molecule has 2 aromatic carbocycles. The van der Waals surface area contributed by atoms with Crippen molar-refractivity contribution in [2.75, 3.05) is 23.4 Å². The van der Waals surface area contributed by atoms with Gasteiger partial charge in [0.1, 0.15) is 0 Å². The number of rotatable bonds is 8. The summed E-state index contributed by atoms with van der Waals surface area (Å²) in [7, 11) is -2.78. The van der Waals surface area contributed by atoms with Crippen molar-refractivity contribution in [2.45, 2.75) is 17.5 Å². The van der Waals surface area contributed by atoms with Crippen LogP contribution in [-0.2, 0) is 20.9 Å². The Morgan fingerprint density at radius 3 is 2.55 bits per heavy atom. The van der Waals surface area contributed by atoms with Crippen molar-refractivity contribution in [3.8, 4) is 0 Å². The smallest absolute Gasteiger partial charge is 0.401 e. The molecule has 0 aliphatic rings. The van der Waals surface area contributed by atoms with Crippen LogP contribution in [0, 0.1) is 0 Å². The Hall–Kier alpha value is -2.76. The van der Waals surface area contributed by atoms with Crippen LogP contribution in [0.5, 0.6) is 0 Å². The molecular weight excluding hydrogens is 409 g/mol. The van der Waals surface area contributed by atoms with E-state index in [1.165, 1.54) is 49.7 Å². The molecule has 29 heavy (non-hydrogen) atoms. The number of hydrazine groups is 1. The molecule has 2 rings (SSSR count). The number of ether oxygens (including phenoxy) is 1. The molecule has 0 heterocycles. The highest BCUT2D eigenvalue weighted by atomic mass is 32.2. The Morgan fingerprint density at radius 1 is 1.21 bits per heavy atom. The molecule has 0 saturated heterocycles. The first-order chi connectivity index (χ1) is 13.5. The van der Waals surface area contributed by atoms with Crippen LogP contribution in [0.4, 0.5) is 24.5 Å². The Bertz CT molecular complexity index is 978. The van der Waals surface area contributed by atoms with E-state index < -0.39 is 27.5 Å². The van der Waals surface area contributed by atoms with Crippen LogP contribution < -0.4 is 21.3 Å². The second-order valence-electron chi connectivity index (χ2n) is 6.00. The van der Waals surface area contributed by atoms with Gasteiger partial charge in [-0.05, 0) is 30.3 Å². The predicted molar refractivity (Wildman–Crippen MR) is 104 cm³/mol. The maximum atomic E-state index is 13.1. The summed E-state index contributed by atoms with van der Waals surface area (Å²) in [4.78, 5) is -0.258. The summed E-state index contributed by atoms with van der Waals surface area (Å²) in [5.74, 6) is 5.89. The first kappa shape index (κ1) is 22.5. The summed E-state index contributed by atoms with van der Waals surface area (Å²) in [5.41, 5.74) is 4.82. The zero-order chi connectivity index (χ0) is 21.7. The minimum Gasteiger partial charge on any atom is -0.401 e. The van der Waals surface area contributed by atoms with Gasteiger partial charge in [-0.3, -0.25) is 9.73 Å². The second-order valence-corrected chi connectivity index (χ2v) is 7.68. The standard InChI is InChI=1S/C18H21F3N4O3S/c1-28-10-9-13(22)12-25(23)14-5-4-6-15(11-14)29(26,27)24-17-8-3-2-7-16(17)18(19,20)21/h2-8,11-12,24H,9-10,22-23H2,1H3/b13-12-. The van der Waals surface area contributed by atoms with Crippen molar-refractivity contribution in [3.05, 3.63) is 66.0 Å². The average Bonchev–Trinajstić information content (AvgIpc) is 2.65. The van der Waals surface area contributed by atoms with E-state index >= 15 is 0 Å². The summed E-state index contributed by atoms with van der Waals surface area (Å²) in [6.45, 7) is 0.382. The zero-order valence-corrected chi connectivity index (χ0v) is 16.3. The highest BCUT2D eigenvalue weighted by molar-refractivity contribution is 7.92. The number of nitrogens with two attached hydrogens (primary N) is 2. The van der Waals surface area contributed by atoms with Gasteiger partial charge in [0.2, 0.25) is 0 Å². The van der Waals surface area contributed by atoms with Gasteiger partial charge in [-0.25, -0.2) is 14.3 Å². The lowest BCUT2D eigenvalue weighted by atomic mass is 10.2. The minimum atomic E-state index is -4.71. The van der Waals surface area contributed by atoms with Gasteiger partial charge in [0.25, 0.3) is 10.0 Å². The number of anilines is 2. The highest BCUT2D eigenvalue weighted by Gasteiger charge is 2.34. The van der Waals surface area contributed by atoms with Crippen molar-refractivity contribution in [1.29, 1.82) is 0 Å². The van der Waals surface area contributed by atoms with Crippen molar-refractivity contribution >= 4 is 21.4 Å². The average molecular weight is 430 g/mol. The van der Waals surface area contributed by atoms with E-state index in [0.29, 0.717) is 18.7 Å². The van der Waals surface area contributed by atoms with E-state index in [9.17, 15) is 21.6 Å². The third-order valence-corrected chi connectivity index (χ3v) is 5.17. The summed E-state index contributed by atoms with van der Waals surface area (Å²) in [6.07, 6.45) is -2.89. The maximum absolute atomic E-state index is 13.1. The third-order valence-electron chi connectivity index (χ3n) is 3.80. The molecule has 0 aromatic heterocycles. The number of nitrogens with one attached hydrogen (secondary N) is 1. The van der Waals surface area contributed by atoms with Gasteiger partial charge >= 0.3 is 6.18 Å². The number of sulfonamides is 1. The second kappa shape index (κ2) is 9.16. The molecule has 0 aliphatic heterocycles. The normalized spacial score (nSPS) is 12.7. The number of benzene rings is 2. The minimum absolute atomic E-state index is 0.258. The predicted octanol–water partition coefficient (Wildman–Crippen LogP) is 3.02. The first-order valence-electron chi connectivity index (χ1n) is 8.33.